The normalized spacial score (nSPS) is 19.0. The summed E-state index contributed by atoms with van der Waals surface area (Å²) in [6, 6.07) is 9.93. The number of nitrogens with one attached hydrogen (secondary N) is 1. The van der Waals surface area contributed by atoms with Crippen LogP contribution < -0.4 is 4.18 Å². The van der Waals surface area contributed by atoms with Crippen LogP contribution in [0.25, 0.3) is 22.7 Å². The van der Waals surface area contributed by atoms with Crippen LogP contribution in [-0.2, 0) is 21.3 Å². The number of carbonyl (C=O) groups excluding carboxylic acids is 1. The molecule has 39 heavy (non-hydrogen) atoms. The number of hydrogen-bond donors (Lipinski definition) is 1. The third-order valence-electron chi connectivity index (χ3n) is 6.89. The lowest BCUT2D eigenvalue weighted by atomic mass is 9.65. The minimum Gasteiger partial charge on any atom is -0.376 e. The van der Waals surface area contributed by atoms with E-state index in [0.717, 1.165) is 41.9 Å². The Morgan fingerprint density at radius 3 is 2.54 bits per heavy atom. The quantitative estimate of drug-likeness (QED) is 0.201. The highest BCUT2D eigenvalue weighted by molar-refractivity contribution is 7.88. The average Bonchev–Trinajstić information content (AvgIpc) is 3.50. The van der Waals surface area contributed by atoms with Crippen LogP contribution in [-0.4, -0.2) is 39.7 Å². The molecule has 13 heteroatoms. The molecule has 0 radical (unpaired) electrons. The topological polar surface area (TPSA) is 107 Å². The number of nitrogens with zero attached hydrogens (tertiary/aromatic N) is 3. The zero-order valence-corrected chi connectivity index (χ0v) is 21.3. The third-order valence-corrected chi connectivity index (χ3v) is 7.87. The van der Waals surface area contributed by atoms with E-state index in [9.17, 15) is 30.8 Å². The van der Waals surface area contributed by atoms with E-state index >= 15 is 0 Å². The Morgan fingerprint density at radius 1 is 1.08 bits per heavy atom. The summed E-state index contributed by atoms with van der Waals surface area (Å²) >= 11 is 0. The molecule has 4 aromatic rings. The largest absolute Gasteiger partial charge is 0.534 e. The number of aromatic nitrogens is 4. The van der Waals surface area contributed by atoms with Gasteiger partial charge in [-0.1, -0.05) is 5.57 Å². The molecule has 0 bridgehead atoms. The molecule has 1 atom stereocenters. The van der Waals surface area contributed by atoms with Crippen molar-refractivity contribution in [1.82, 2.24) is 20.0 Å². The van der Waals surface area contributed by atoms with Gasteiger partial charge in [0, 0.05) is 11.8 Å². The molecule has 8 nitrogen and oxygen atoms in total. The molecule has 2 aliphatic carbocycles. The molecule has 6 rings (SSSR count). The lowest BCUT2D eigenvalue weighted by molar-refractivity contribution is -0.127. The Morgan fingerprint density at radius 2 is 1.82 bits per heavy atom. The Kier molecular flexibility index (Phi) is 6.57. The highest BCUT2D eigenvalue weighted by atomic mass is 32.2. The van der Waals surface area contributed by atoms with Crippen molar-refractivity contribution < 1.29 is 35.0 Å². The molecule has 0 amide bonds. The van der Waals surface area contributed by atoms with Gasteiger partial charge >= 0.3 is 15.6 Å². The second-order valence-electron chi connectivity index (χ2n) is 9.50. The highest BCUT2D eigenvalue weighted by Crippen LogP contribution is 2.45. The predicted molar refractivity (Wildman–Crippen MR) is 134 cm³/mol. The second kappa shape index (κ2) is 9.63. The van der Waals surface area contributed by atoms with Crippen LogP contribution in [0.4, 0.5) is 17.6 Å². The first-order chi connectivity index (χ1) is 18.4. The first kappa shape index (κ1) is 26.6. The lowest BCUT2D eigenvalue weighted by Gasteiger charge is -2.37. The first-order valence-corrected chi connectivity index (χ1v) is 13.3. The summed E-state index contributed by atoms with van der Waals surface area (Å²) in [5.74, 6) is -0.338. The van der Waals surface area contributed by atoms with E-state index in [4.69, 9.17) is 0 Å². The van der Waals surface area contributed by atoms with E-state index in [-0.39, 0.29) is 11.2 Å². The van der Waals surface area contributed by atoms with Gasteiger partial charge in [0.05, 0.1) is 34.7 Å². The standard InChI is InChI=1S/C18H17FN2O.C8H5F3N2O3S/c1-18-10-12-11-20-21(15-7-5-14(19)6-8-15)16(12)9-13(18)3-2-4-17(18)22;9-8(10,11)17(14,15)16-6-1-2-7-5(3-6)4-12-13-7/h5-9,11H,2-4,10H2,1H3;1-4H,(H,12,13)/t18-;/m0./s1. The summed E-state index contributed by atoms with van der Waals surface area (Å²) in [6.45, 7) is 2.05. The average molecular weight is 563 g/mol. The van der Waals surface area contributed by atoms with Gasteiger partial charge in [0.1, 0.15) is 17.3 Å². The Balaban J connectivity index is 0.000000164. The van der Waals surface area contributed by atoms with Gasteiger partial charge in [0.25, 0.3) is 0 Å². The van der Waals surface area contributed by atoms with Gasteiger partial charge in [-0.15, -0.1) is 0 Å². The molecule has 204 valence electrons. The summed E-state index contributed by atoms with van der Waals surface area (Å²) in [5.41, 5.74) is -1.09. The monoisotopic (exact) mass is 562 g/mol. The minimum atomic E-state index is -5.63. The van der Waals surface area contributed by atoms with Crippen LogP contribution in [0.2, 0.25) is 0 Å². The number of Topliss-reactive ketones (excluding diaryl/α,β-unsaturated/α-hetero) is 1. The maximum Gasteiger partial charge on any atom is 0.534 e. The number of fused-ring (bicyclic) bond motifs is 3. The van der Waals surface area contributed by atoms with Crippen LogP contribution in [0, 0.1) is 11.2 Å². The molecule has 2 heterocycles. The van der Waals surface area contributed by atoms with Gasteiger partial charge in [-0.3, -0.25) is 9.89 Å². The summed E-state index contributed by atoms with van der Waals surface area (Å²) in [4.78, 5) is 12.4. The van der Waals surface area contributed by atoms with Crippen molar-refractivity contribution in [3.8, 4) is 11.4 Å². The van der Waals surface area contributed by atoms with Gasteiger partial charge in [-0.05, 0) is 80.3 Å². The number of rotatable bonds is 3. The summed E-state index contributed by atoms with van der Waals surface area (Å²) in [7, 11) is -5.63. The summed E-state index contributed by atoms with van der Waals surface area (Å²) in [5, 5.41) is 11.1. The van der Waals surface area contributed by atoms with Gasteiger partial charge in [-0.25, -0.2) is 9.07 Å². The fourth-order valence-electron chi connectivity index (χ4n) is 4.78. The lowest BCUT2D eigenvalue weighted by Crippen LogP contribution is -2.37. The van der Waals surface area contributed by atoms with E-state index in [1.54, 1.807) is 12.1 Å². The number of carbonyl (C=O) groups is 1. The number of aromatic amines is 1. The van der Waals surface area contributed by atoms with Crippen molar-refractivity contribution in [1.29, 1.82) is 0 Å². The molecule has 2 aliphatic rings. The van der Waals surface area contributed by atoms with Crippen molar-refractivity contribution in [2.75, 3.05) is 0 Å². The minimum absolute atomic E-state index is 0.256. The molecule has 1 N–H and O–H groups in total. The first-order valence-electron chi connectivity index (χ1n) is 11.9. The Labute approximate surface area is 220 Å². The van der Waals surface area contributed by atoms with Crippen molar-refractivity contribution in [3.05, 3.63) is 77.5 Å². The molecular formula is C26H22F4N4O4S. The number of H-pyrrole nitrogens is 1. The van der Waals surface area contributed by atoms with E-state index < -0.39 is 21.4 Å². The molecule has 0 saturated heterocycles. The Bertz CT molecular complexity index is 1690. The van der Waals surface area contributed by atoms with Crippen LogP contribution in [0.15, 0.2) is 60.4 Å². The third kappa shape index (κ3) is 5.05. The highest BCUT2D eigenvalue weighted by Gasteiger charge is 2.48. The van der Waals surface area contributed by atoms with Crippen LogP contribution >= 0.6 is 0 Å². The predicted octanol–water partition coefficient (Wildman–Crippen LogP) is 5.50. The molecule has 0 aliphatic heterocycles. The summed E-state index contributed by atoms with van der Waals surface area (Å²) < 4.78 is 76.5. The van der Waals surface area contributed by atoms with Gasteiger partial charge in [-0.2, -0.15) is 31.8 Å². The zero-order valence-electron chi connectivity index (χ0n) is 20.5. The van der Waals surface area contributed by atoms with E-state index in [1.807, 2.05) is 10.9 Å². The van der Waals surface area contributed by atoms with Crippen LogP contribution in [0.1, 0.15) is 37.4 Å². The van der Waals surface area contributed by atoms with E-state index in [2.05, 4.69) is 32.5 Å². The fourth-order valence-corrected chi connectivity index (χ4v) is 5.23. The molecule has 2 aromatic heterocycles. The summed E-state index contributed by atoms with van der Waals surface area (Å²) in [6.07, 6.45) is 8.58. The number of ketones is 1. The number of alkyl halides is 3. The van der Waals surface area contributed by atoms with Gasteiger partial charge in [0.15, 0.2) is 0 Å². The zero-order chi connectivity index (χ0) is 28.0. The van der Waals surface area contributed by atoms with E-state index in [1.165, 1.54) is 30.0 Å². The maximum absolute atomic E-state index is 13.1. The molecule has 1 fully saturated rings. The second-order valence-corrected chi connectivity index (χ2v) is 11.0. The van der Waals surface area contributed by atoms with Crippen molar-refractivity contribution in [2.45, 2.75) is 38.1 Å². The maximum atomic E-state index is 13.1. The van der Waals surface area contributed by atoms with Gasteiger partial charge in [0.2, 0.25) is 0 Å². The molecule has 0 unspecified atom stereocenters. The molecule has 2 aromatic carbocycles. The van der Waals surface area contributed by atoms with Crippen molar-refractivity contribution in [3.63, 3.8) is 0 Å². The molecule has 1 saturated carbocycles. The number of allylic oxidation sites excluding steroid dienone is 1. The SMILES string of the molecule is C[C@]12Cc3cnn(-c4ccc(F)cc4)c3C=C1CCCC2=O.O=S(=O)(Oc1ccc2[nH]ncc2c1)C(F)(F)F. The van der Waals surface area contributed by atoms with Crippen LogP contribution in [0.5, 0.6) is 5.75 Å². The fraction of sp³-hybridized carbons (Fsp3) is 0.269. The van der Waals surface area contributed by atoms with Crippen molar-refractivity contribution >= 4 is 32.9 Å². The molecule has 0 spiro atoms. The smallest absolute Gasteiger partial charge is 0.376 e. The van der Waals surface area contributed by atoms with Gasteiger partial charge < -0.3 is 4.18 Å². The van der Waals surface area contributed by atoms with E-state index in [0.29, 0.717) is 29.5 Å². The number of benzene rings is 2. The van der Waals surface area contributed by atoms with Crippen molar-refractivity contribution in [2.24, 2.45) is 5.41 Å². The molecular weight excluding hydrogens is 540 g/mol. The number of hydrogen-bond acceptors (Lipinski definition) is 6. The number of halogens is 4. The Hall–Kier alpha value is -4.00. The van der Waals surface area contributed by atoms with Crippen LogP contribution in [0.3, 0.4) is 0 Å².